The first-order valence-electron chi connectivity index (χ1n) is 12.7. The third kappa shape index (κ3) is 5.23. The molecule has 1 fully saturated rings. The number of ether oxygens (including phenoxy) is 1. The molecule has 0 saturated carbocycles. The number of hydrogen-bond donors (Lipinski definition) is 2. The highest BCUT2D eigenvalue weighted by atomic mass is 32.1. The molecule has 2 N–H and O–H groups in total. The van der Waals surface area contributed by atoms with E-state index < -0.39 is 11.6 Å². The molecule has 38 heavy (non-hydrogen) atoms. The zero-order valence-electron chi connectivity index (χ0n) is 21.2. The average Bonchev–Trinajstić information content (AvgIpc) is 3.41. The number of methoxy groups -OCH3 is 1. The number of hydrogen-bond acceptors (Lipinski definition) is 5. The number of aliphatic hydroxyl groups is 1. The monoisotopic (exact) mass is 542 g/mol. The van der Waals surface area contributed by atoms with Gasteiger partial charge in [-0.15, -0.1) is 11.3 Å². The van der Waals surface area contributed by atoms with Crippen LogP contribution in [0.4, 0.5) is 5.00 Å². The molecule has 1 aromatic heterocycles. The van der Waals surface area contributed by atoms with Crippen molar-refractivity contribution >= 4 is 39.6 Å². The Morgan fingerprint density at radius 1 is 0.947 bits per heavy atom. The number of thiophene rings is 1. The van der Waals surface area contributed by atoms with Crippen LogP contribution in [0.15, 0.2) is 97.1 Å². The number of benzene rings is 3. The van der Waals surface area contributed by atoms with Gasteiger partial charge in [-0.2, -0.15) is 0 Å². The highest BCUT2D eigenvalue weighted by molar-refractivity contribution is 7.80. The van der Waals surface area contributed by atoms with Gasteiger partial charge in [0.1, 0.15) is 10.6 Å². The number of carbonyl (C=O) groups excluding carboxylic acids is 1. The molecule has 5 nitrogen and oxygen atoms in total. The summed E-state index contributed by atoms with van der Waals surface area (Å²) in [5, 5.41) is 16.7. The van der Waals surface area contributed by atoms with Gasteiger partial charge in [0, 0.05) is 18.0 Å². The molecule has 3 aromatic carbocycles. The summed E-state index contributed by atoms with van der Waals surface area (Å²) in [6.45, 7) is 1.39. The predicted molar refractivity (Wildman–Crippen MR) is 157 cm³/mol. The molecule has 1 saturated heterocycles. The Bertz CT molecular complexity index is 1340. The number of rotatable bonds is 6. The number of nitrogens with zero attached hydrogens (tertiary/aromatic N) is 1. The summed E-state index contributed by atoms with van der Waals surface area (Å²) in [6.07, 6.45) is 1.54. The minimum Gasteiger partial charge on any atom is -0.465 e. The number of thiocarbonyl (C=S) groups is 1. The van der Waals surface area contributed by atoms with Crippen LogP contribution in [-0.2, 0) is 10.3 Å². The van der Waals surface area contributed by atoms with Crippen molar-refractivity contribution in [3.8, 4) is 10.4 Å². The van der Waals surface area contributed by atoms with Crippen LogP contribution < -0.4 is 5.32 Å². The lowest BCUT2D eigenvalue weighted by Gasteiger charge is -2.43. The molecule has 0 amide bonds. The molecule has 0 atom stereocenters. The van der Waals surface area contributed by atoms with Crippen LogP contribution in [0.25, 0.3) is 10.4 Å². The second-order valence-electron chi connectivity index (χ2n) is 9.40. The van der Waals surface area contributed by atoms with Crippen molar-refractivity contribution in [1.29, 1.82) is 0 Å². The summed E-state index contributed by atoms with van der Waals surface area (Å²) < 4.78 is 5.03. The molecule has 0 spiro atoms. The molecular formula is C31H30N2O3S2. The van der Waals surface area contributed by atoms with Gasteiger partial charge in [-0.3, -0.25) is 0 Å². The van der Waals surface area contributed by atoms with Gasteiger partial charge in [0.15, 0.2) is 5.11 Å². The average molecular weight is 543 g/mol. The normalized spacial score (nSPS) is 14.2. The van der Waals surface area contributed by atoms with Crippen LogP contribution in [-0.4, -0.2) is 41.3 Å². The van der Waals surface area contributed by atoms with Gasteiger partial charge in [0.05, 0.1) is 12.7 Å². The van der Waals surface area contributed by atoms with Crippen molar-refractivity contribution in [3.05, 3.63) is 114 Å². The zero-order chi connectivity index (χ0) is 26.5. The first-order chi connectivity index (χ1) is 18.5. The minimum absolute atomic E-state index is 0.0309. The van der Waals surface area contributed by atoms with Crippen molar-refractivity contribution in [2.45, 2.75) is 18.4 Å². The highest BCUT2D eigenvalue weighted by Gasteiger charge is 2.41. The van der Waals surface area contributed by atoms with E-state index in [-0.39, 0.29) is 5.92 Å². The van der Waals surface area contributed by atoms with Crippen molar-refractivity contribution in [2.75, 3.05) is 25.5 Å². The van der Waals surface area contributed by atoms with E-state index in [4.69, 9.17) is 17.0 Å². The van der Waals surface area contributed by atoms with Crippen LogP contribution in [0.5, 0.6) is 0 Å². The van der Waals surface area contributed by atoms with Gasteiger partial charge >= 0.3 is 5.97 Å². The molecule has 0 aliphatic carbocycles. The fourth-order valence-corrected chi connectivity index (χ4v) is 6.59. The Balaban J connectivity index is 1.33. The molecule has 1 aliphatic heterocycles. The van der Waals surface area contributed by atoms with E-state index in [2.05, 4.69) is 10.2 Å². The lowest BCUT2D eigenvalue weighted by Crippen LogP contribution is -2.47. The number of carbonyl (C=O) groups is 1. The van der Waals surface area contributed by atoms with Gasteiger partial charge in [0.2, 0.25) is 0 Å². The maximum atomic E-state index is 12.5. The Hall–Kier alpha value is -3.52. The first kappa shape index (κ1) is 26.1. The van der Waals surface area contributed by atoms with E-state index >= 15 is 0 Å². The van der Waals surface area contributed by atoms with Gasteiger partial charge < -0.3 is 20.1 Å². The minimum atomic E-state index is -1.08. The molecule has 0 radical (unpaired) electrons. The second-order valence-corrected chi connectivity index (χ2v) is 10.8. The summed E-state index contributed by atoms with van der Waals surface area (Å²) in [5.41, 5.74) is 2.22. The van der Waals surface area contributed by atoms with Crippen molar-refractivity contribution in [1.82, 2.24) is 4.90 Å². The van der Waals surface area contributed by atoms with E-state index in [1.807, 2.05) is 97.1 Å². The van der Waals surface area contributed by atoms with Gasteiger partial charge in [-0.25, -0.2) is 4.79 Å². The molecule has 2 heterocycles. The van der Waals surface area contributed by atoms with Crippen LogP contribution in [0, 0.1) is 5.92 Å². The number of likely N-dealkylation sites (tertiary alicyclic amines) is 1. The lowest BCUT2D eigenvalue weighted by molar-refractivity contribution is -0.00631. The lowest BCUT2D eigenvalue weighted by atomic mass is 9.72. The molecule has 1 aliphatic rings. The van der Waals surface area contributed by atoms with Crippen molar-refractivity contribution in [2.24, 2.45) is 5.92 Å². The molecule has 4 aromatic rings. The molecule has 0 bridgehead atoms. The fraction of sp³-hybridized carbons (Fsp3) is 0.226. The Morgan fingerprint density at radius 2 is 1.47 bits per heavy atom. The molecule has 7 heteroatoms. The summed E-state index contributed by atoms with van der Waals surface area (Å²) in [5.74, 6) is -0.369. The summed E-state index contributed by atoms with van der Waals surface area (Å²) >= 11 is 7.27. The largest absolute Gasteiger partial charge is 0.465 e. The van der Waals surface area contributed by atoms with Crippen molar-refractivity contribution in [3.63, 3.8) is 0 Å². The number of piperidine rings is 1. The second kappa shape index (κ2) is 11.5. The van der Waals surface area contributed by atoms with E-state index in [1.54, 1.807) is 0 Å². The standard InChI is InChI=1S/C31H30N2O3S2/c1-36-29(34)26-21-27(22-11-5-2-6-12-22)38-28(26)32-30(37)33-19-17-25(18-20-33)31(35,23-13-7-3-8-14-23)24-15-9-4-10-16-24/h2-16,21,25,35H,17-20H2,1H3,(H,32,37). The molecule has 194 valence electrons. The molecular weight excluding hydrogens is 512 g/mol. The maximum Gasteiger partial charge on any atom is 0.340 e. The summed E-state index contributed by atoms with van der Waals surface area (Å²) in [7, 11) is 1.38. The van der Waals surface area contributed by atoms with Gasteiger partial charge in [-0.1, -0.05) is 91.0 Å². The third-order valence-electron chi connectivity index (χ3n) is 7.22. The molecule has 0 unspecified atom stereocenters. The summed E-state index contributed by atoms with van der Waals surface area (Å²) in [6, 6.07) is 31.6. The number of anilines is 1. The Labute approximate surface area is 232 Å². The Kier molecular flexibility index (Phi) is 7.88. The number of nitrogens with one attached hydrogen (secondary N) is 1. The SMILES string of the molecule is COC(=O)c1cc(-c2ccccc2)sc1NC(=S)N1CCC(C(O)(c2ccccc2)c2ccccc2)CC1. The third-order valence-corrected chi connectivity index (χ3v) is 8.68. The zero-order valence-corrected chi connectivity index (χ0v) is 22.8. The van der Waals surface area contributed by atoms with Crippen LogP contribution >= 0.6 is 23.6 Å². The van der Waals surface area contributed by atoms with E-state index in [0.29, 0.717) is 28.8 Å². The smallest absolute Gasteiger partial charge is 0.340 e. The summed E-state index contributed by atoms with van der Waals surface area (Å²) in [4.78, 5) is 15.6. The quantitative estimate of drug-likeness (QED) is 0.213. The van der Waals surface area contributed by atoms with Crippen LogP contribution in [0.3, 0.4) is 0 Å². The van der Waals surface area contributed by atoms with E-state index in [0.717, 1.165) is 34.4 Å². The fourth-order valence-electron chi connectivity index (χ4n) is 5.19. The topological polar surface area (TPSA) is 61.8 Å². The van der Waals surface area contributed by atoms with E-state index in [9.17, 15) is 9.90 Å². The van der Waals surface area contributed by atoms with E-state index in [1.165, 1.54) is 18.4 Å². The van der Waals surface area contributed by atoms with Gasteiger partial charge in [-0.05, 0) is 53.7 Å². The maximum absolute atomic E-state index is 12.5. The highest BCUT2D eigenvalue weighted by Crippen LogP contribution is 2.42. The Morgan fingerprint density at radius 3 is 2.00 bits per heavy atom. The van der Waals surface area contributed by atoms with Crippen LogP contribution in [0.1, 0.15) is 34.3 Å². The molecule has 5 rings (SSSR count). The predicted octanol–water partition coefficient (Wildman–Crippen LogP) is 6.55. The first-order valence-corrected chi connectivity index (χ1v) is 13.9. The van der Waals surface area contributed by atoms with Crippen LogP contribution in [0.2, 0.25) is 0 Å². The van der Waals surface area contributed by atoms with Crippen molar-refractivity contribution < 1.29 is 14.6 Å². The number of esters is 1. The van der Waals surface area contributed by atoms with Gasteiger partial charge in [0.25, 0.3) is 0 Å².